The van der Waals surface area contributed by atoms with E-state index in [1.165, 1.54) is 0 Å². The van der Waals surface area contributed by atoms with Crippen molar-refractivity contribution in [1.29, 1.82) is 0 Å². The molecule has 0 radical (unpaired) electrons. The van der Waals surface area contributed by atoms with Crippen LogP contribution in [0.1, 0.15) is 0 Å². The summed E-state index contributed by atoms with van der Waals surface area (Å²) in [7, 11) is 0. The minimum absolute atomic E-state index is 2.00. The van der Waals surface area contributed by atoms with Crippen molar-refractivity contribution in [2.45, 2.75) is 0 Å². The quantitative estimate of drug-likeness (QED) is 0.375. The highest BCUT2D eigenvalue weighted by Gasteiger charge is 1.60. The van der Waals surface area contributed by atoms with Crippen molar-refractivity contribution in [3.63, 3.8) is 0 Å². The van der Waals surface area contributed by atoms with Gasteiger partial charge in [-0.25, -0.2) is 0 Å². The van der Waals surface area contributed by atoms with Crippen LogP contribution in [0.25, 0.3) is 0 Å². The zero-order valence-electron chi connectivity index (χ0n) is 19.6. The van der Waals surface area contributed by atoms with Gasteiger partial charge in [-0.1, -0.05) is 206 Å². The van der Waals surface area contributed by atoms with Crippen LogP contribution in [0.3, 0.4) is 0 Å². The Labute approximate surface area is 206 Å². The van der Waals surface area contributed by atoms with Crippen LogP contribution in [0, 0.1) is 0 Å². The molecule has 0 heteroatoms. The van der Waals surface area contributed by atoms with Gasteiger partial charge in [0.25, 0.3) is 0 Å². The van der Waals surface area contributed by atoms with Gasteiger partial charge in [-0.3, -0.25) is 0 Å². The van der Waals surface area contributed by atoms with Gasteiger partial charge in [-0.05, 0) is 0 Å². The Kier molecular flexibility index (Phi) is 20.2. The predicted molar refractivity (Wildman–Crippen MR) is 150 cm³/mol. The van der Waals surface area contributed by atoms with Gasteiger partial charge in [0.2, 0.25) is 0 Å². The largest absolute Gasteiger partial charge is 0.0623 e. The van der Waals surface area contributed by atoms with E-state index in [0.717, 1.165) is 0 Å². The number of rotatable bonds is 0. The number of hydrogen-bond donors (Lipinski definition) is 0. The van der Waals surface area contributed by atoms with Crippen LogP contribution in [0.2, 0.25) is 0 Å². The van der Waals surface area contributed by atoms with Gasteiger partial charge in [0.05, 0.1) is 0 Å². The molecule has 0 fully saturated rings. The molecule has 0 saturated carbocycles. The van der Waals surface area contributed by atoms with E-state index in [9.17, 15) is 0 Å². The normalized spacial score (nSPS) is 8.00. The van der Waals surface area contributed by atoms with Crippen molar-refractivity contribution in [2.75, 3.05) is 0 Å². The van der Waals surface area contributed by atoms with E-state index in [1.807, 2.05) is 206 Å². The molecule has 0 aliphatic heterocycles. The SMILES string of the molecule is c1ccccccccccccccccccccccccccccccccc1. The van der Waals surface area contributed by atoms with E-state index < -0.39 is 0 Å². The van der Waals surface area contributed by atoms with Gasteiger partial charge in [0.15, 0.2) is 0 Å². The van der Waals surface area contributed by atoms with Gasteiger partial charge in [0.1, 0.15) is 0 Å². The molecule has 170 valence electrons. The highest BCUT2D eigenvalue weighted by Crippen LogP contribution is 1.82. The summed E-state index contributed by atoms with van der Waals surface area (Å²) in [6.45, 7) is 0. The van der Waals surface area contributed by atoms with E-state index >= 15 is 0 Å². The molecule has 0 N–H and O–H groups in total. The fraction of sp³-hybridized carbons (Fsp3) is 0. The third kappa shape index (κ3) is 22.3. The molecular formula is C34H34. The molecule has 0 aliphatic carbocycles. The molecule has 1 aromatic rings. The maximum absolute atomic E-state index is 2.00. The zero-order valence-corrected chi connectivity index (χ0v) is 19.6. The van der Waals surface area contributed by atoms with Crippen LogP contribution in [0.4, 0.5) is 0 Å². The Hall–Kier alpha value is -4.42. The Bertz CT molecular complexity index is 631. The molecule has 1 rings (SSSR count). The molecule has 0 atom stereocenters. The van der Waals surface area contributed by atoms with Gasteiger partial charge >= 0.3 is 0 Å². The van der Waals surface area contributed by atoms with E-state index in [2.05, 4.69) is 0 Å². The average molecular weight is 443 g/mol. The van der Waals surface area contributed by atoms with Crippen LogP contribution in [-0.4, -0.2) is 0 Å². The monoisotopic (exact) mass is 442 g/mol. The second kappa shape index (κ2) is 24.8. The minimum atomic E-state index is 2.00. The van der Waals surface area contributed by atoms with E-state index in [-0.39, 0.29) is 0 Å². The van der Waals surface area contributed by atoms with Gasteiger partial charge in [-0.2, -0.15) is 0 Å². The first kappa shape index (κ1) is 27.6. The molecular weight excluding hydrogens is 408 g/mol. The third-order valence-corrected chi connectivity index (χ3v) is 3.78. The molecule has 0 amide bonds. The van der Waals surface area contributed by atoms with Gasteiger partial charge < -0.3 is 0 Å². The van der Waals surface area contributed by atoms with Gasteiger partial charge in [0, 0.05) is 0 Å². The second-order valence-electron chi connectivity index (χ2n) is 6.54. The summed E-state index contributed by atoms with van der Waals surface area (Å²) in [5, 5.41) is 0. The van der Waals surface area contributed by atoms with Crippen LogP contribution < -0.4 is 0 Å². The molecule has 0 unspecified atom stereocenters. The Morgan fingerprint density at radius 3 is 0.118 bits per heavy atom. The fourth-order valence-electron chi connectivity index (χ4n) is 2.18. The lowest BCUT2D eigenvalue weighted by atomic mass is 10.4. The summed E-state index contributed by atoms with van der Waals surface area (Å²) in [6.07, 6.45) is 0. The molecule has 34 heavy (non-hydrogen) atoms. The highest BCUT2D eigenvalue weighted by molar-refractivity contribution is 5.01. The van der Waals surface area contributed by atoms with Crippen molar-refractivity contribution < 1.29 is 0 Å². The first-order chi connectivity index (χ1) is 17.0. The molecule has 0 saturated heterocycles. The number of hydrogen-bond acceptors (Lipinski definition) is 0. The van der Waals surface area contributed by atoms with E-state index in [1.54, 1.807) is 0 Å². The summed E-state index contributed by atoms with van der Waals surface area (Å²) in [5.74, 6) is 0. The molecule has 1 aromatic carbocycles. The first-order valence-corrected chi connectivity index (χ1v) is 11.3. The maximum atomic E-state index is 2.00. The highest BCUT2D eigenvalue weighted by atomic mass is 13.7. The second-order valence-corrected chi connectivity index (χ2v) is 6.54. The summed E-state index contributed by atoms with van der Waals surface area (Å²) in [6, 6.07) is 68.0. The Balaban J connectivity index is 3.00. The lowest BCUT2D eigenvalue weighted by Crippen LogP contribution is -1.47. The summed E-state index contributed by atoms with van der Waals surface area (Å²) < 4.78 is 0. The van der Waals surface area contributed by atoms with E-state index in [0.29, 0.717) is 0 Å². The Morgan fingerprint density at radius 1 is 0.0588 bits per heavy atom. The van der Waals surface area contributed by atoms with Crippen molar-refractivity contribution in [3.8, 4) is 0 Å². The van der Waals surface area contributed by atoms with Crippen molar-refractivity contribution in [3.05, 3.63) is 206 Å². The molecule has 0 bridgehead atoms. The molecule has 0 aliphatic rings. The van der Waals surface area contributed by atoms with Crippen molar-refractivity contribution in [2.24, 2.45) is 0 Å². The lowest BCUT2D eigenvalue weighted by molar-refractivity contribution is 1.72. The molecule has 0 aromatic heterocycles. The van der Waals surface area contributed by atoms with Gasteiger partial charge in [-0.15, -0.1) is 0 Å². The summed E-state index contributed by atoms with van der Waals surface area (Å²) >= 11 is 0. The first-order valence-electron chi connectivity index (χ1n) is 11.3. The minimum Gasteiger partial charge on any atom is -0.0623 e. The smallest absolute Gasteiger partial charge is 0.0623 e. The lowest BCUT2D eigenvalue weighted by Gasteiger charge is -1.69. The molecule has 0 nitrogen and oxygen atoms in total. The molecule has 0 spiro atoms. The van der Waals surface area contributed by atoms with Crippen molar-refractivity contribution in [1.82, 2.24) is 0 Å². The van der Waals surface area contributed by atoms with E-state index in [4.69, 9.17) is 0 Å². The van der Waals surface area contributed by atoms with Crippen LogP contribution in [-0.2, 0) is 0 Å². The summed E-state index contributed by atoms with van der Waals surface area (Å²) in [4.78, 5) is 0. The predicted octanol–water partition coefficient (Wildman–Crippen LogP) is 9.56. The summed E-state index contributed by atoms with van der Waals surface area (Å²) in [5.41, 5.74) is 0. The van der Waals surface area contributed by atoms with Crippen molar-refractivity contribution >= 4 is 0 Å². The van der Waals surface area contributed by atoms with Crippen LogP contribution in [0.5, 0.6) is 0 Å². The maximum Gasteiger partial charge on any atom is -0.0623 e. The Morgan fingerprint density at radius 2 is 0.0882 bits per heavy atom. The third-order valence-electron chi connectivity index (χ3n) is 3.78. The average Bonchev–Trinajstić information content (AvgIpc) is 2.85. The zero-order chi connectivity index (χ0) is 24.0. The molecule has 0 heterocycles. The fourth-order valence-corrected chi connectivity index (χ4v) is 2.18. The van der Waals surface area contributed by atoms with Crippen LogP contribution in [0.15, 0.2) is 206 Å². The topological polar surface area (TPSA) is 0 Å². The van der Waals surface area contributed by atoms with Crippen LogP contribution >= 0.6 is 0 Å². The standard InChI is InChI=1S/C34H34/c1-2-4-6-8-10-12-14-16-18-20-22-24-26-28-30-32-34-33-31-29-27-25-23-21-19-17-15-13-11-9-7-5-3-1/h1-34H.